The van der Waals surface area contributed by atoms with Gasteiger partial charge in [0.25, 0.3) is 0 Å². The predicted molar refractivity (Wildman–Crippen MR) is 85.0 cm³/mol. The summed E-state index contributed by atoms with van der Waals surface area (Å²) in [6.07, 6.45) is 0. The van der Waals surface area contributed by atoms with Crippen molar-refractivity contribution in [1.82, 2.24) is 0 Å². The van der Waals surface area contributed by atoms with Gasteiger partial charge in [0.1, 0.15) is 11.3 Å². The molecule has 1 heterocycles. The molecule has 0 aliphatic carbocycles. The van der Waals surface area contributed by atoms with Crippen LogP contribution in [0.5, 0.6) is 5.75 Å². The van der Waals surface area contributed by atoms with Crippen LogP contribution < -0.4 is 4.74 Å². The Hall–Kier alpha value is -2.07. The first-order valence-electron chi connectivity index (χ1n) is 6.64. The largest absolute Gasteiger partial charge is 0.493 e. The lowest BCUT2D eigenvalue weighted by Gasteiger charge is -2.07. The van der Waals surface area contributed by atoms with E-state index in [1.807, 2.05) is 37.3 Å². The molecule has 21 heavy (non-hydrogen) atoms. The van der Waals surface area contributed by atoms with Crippen LogP contribution in [0, 0.1) is 0 Å². The van der Waals surface area contributed by atoms with Crippen LogP contribution in [-0.2, 0) is 0 Å². The van der Waals surface area contributed by atoms with Gasteiger partial charge in [-0.15, -0.1) is 0 Å². The van der Waals surface area contributed by atoms with E-state index in [1.165, 1.54) is 0 Å². The first-order chi connectivity index (χ1) is 10.2. The van der Waals surface area contributed by atoms with Gasteiger partial charge in [-0.2, -0.15) is 0 Å². The maximum atomic E-state index is 12.6. The van der Waals surface area contributed by atoms with Gasteiger partial charge in [-0.3, -0.25) is 4.79 Å². The normalized spacial score (nSPS) is 10.8. The lowest BCUT2D eigenvalue weighted by molar-refractivity contribution is 0.101. The van der Waals surface area contributed by atoms with Crippen molar-refractivity contribution >= 4 is 32.7 Å². The summed E-state index contributed by atoms with van der Waals surface area (Å²) in [5.41, 5.74) is 1.20. The van der Waals surface area contributed by atoms with Gasteiger partial charge < -0.3 is 9.15 Å². The number of furan rings is 1. The summed E-state index contributed by atoms with van der Waals surface area (Å²) in [5, 5.41) is 0.890. The number of hydrogen-bond acceptors (Lipinski definition) is 3. The molecule has 0 saturated heterocycles. The summed E-state index contributed by atoms with van der Waals surface area (Å²) in [5.74, 6) is 0.716. The number of halogens is 1. The molecule has 0 amide bonds. The van der Waals surface area contributed by atoms with E-state index >= 15 is 0 Å². The Morgan fingerprint density at radius 2 is 2.00 bits per heavy atom. The van der Waals surface area contributed by atoms with E-state index in [4.69, 9.17) is 9.15 Å². The van der Waals surface area contributed by atoms with Crippen molar-refractivity contribution < 1.29 is 13.9 Å². The minimum absolute atomic E-state index is 0.175. The van der Waals surface area contributed by atoms with Crippen LogP contribution in [0.3, 0.4) is 0 Å². The van der Waals surface area contributed by atoms with Gasteiger partial charge in [-0.05, 0) is 43.3 Å². The third-order valence-electron chi connectivity index (χ3n) is 3.13. The van der Waals surface area contributed by atoms with Crippen molar-refractivity contribution in [3.8, 4) is 5.75 Å². The van der Waals surface area contributed by atoms with Crippen LogP contribution in [0.2, 0.25) is 0 Å². The fraction of sp³-hybridized carbons (Fsp3) is 0.118. The molecule has 0 unspecified atom stereocenters. The number of para-hydroxylation sites is 1. The second-order valence-corrected chi connectivity index (χ2v) is 5.47. The van der Waals surface area contributed by atoms with Crippen LogP contribution in [0.1, 0.15) is 23.0 Å². The smallest absolute Gasteiger partial charge is 0.231 e. The number of hydrogen-bond donors (Lipinski definition) is 0. The third kappa shape index (κ3) is 2.72. The number of carbonyl (C=O) groups is 1. The fourth-order valence-electron chi connectivity index (χ4n) is 2.19. The molecular formula is C17H13BrO3. The summed E-state index contributed by atoms with van der Waals surface area (Å²) in [7, 11) is 0. The Bertz CT molecular complexity index is 805. The van der Waals surface area contributed by atoms with Crippen LogP contribution in [0.15, 0.2) is 57.4 Å². The van der Waals surface area contributed by atoms with E-state index in [2.05, 4.69) is 15.9 Å². The predicted octanol–water partition coefficient (Wildman–Crippen LogP) is 4.83. The molecule has 0 radical (unpaired) electrons. The quantitative estimate of drug-likeness (QED) is 0.636. The molecule has 0 spiro atoms. The molecule has 4 heteroatoms. The molecule has 106 valence electrons. The molecule has 0 bridgehead atoms. The molecule has 2 aromatic carbocycles. The van der Waals surface area contributed by atoms with Gasteiger partial charge in [0, 0.05) is 9.86 Å². The first kappa shape index (κ1) is 13.9. The van der Waals surface area contributed by atoms with E-state index in [9.17, 15) is 4.79 Å². The molecule has 0 fully saturated rings. The monoisotopic (exact) mass is 344 g/mol. The zero-order chi connectivity index (χ0) is 14.8. The third-order valence-corrected chi connectivity index (χ3v) is 3.63. The summed E-state index contributed by atoms with van der Waals surface area (Å²) in [6.45, 7) is 2.40. The highest BCUT2D eigenvalue weighted by molar-refractivity contribution is 9.10. The minimum Gasteiger partial charge on any atom is -0.493 e. The SMILES string of the molecule is CCOc1ccccc1C(=O)c1cc2cc(Br)ccc2o1. The molecule has 0 aliphatic heterocycles. The van der Waals surface area contributed by atoms with Crippen molar-refractivity contribution in [1.29, 1.82) is 0 Å². The number of benzene rings is 2. The maximum Gasteiger partial charge on any atom is 0.231 e. The van der Waals surface area contributed by atoms with E-state index < -0.39 is 0 Å². The van der Waals surface area contributed by atoms with Crippen molar-refractivity contribution in [3.05, 3.63) is 64.3 Å². The number of rotatable bonds is 4. The van der Waals surface area contributed by atoms with E-state index in [-0.39, 0.29) is 5.78 Å². The molecule has 3 nitrogen and oxygen atoms in total. The minimum atomic E-state index is -0.175. The molecule has 0 saturated carbocycles. The average molecular weight is 345 g/mol. The van der Waals surface area contributed by atoms with Crippen molar-refractivity contribution in [3.63, 3.8) is 0 Å². The van der Waals surface area contributed by atoms with Crippen molar-refractivity contribution in [2.45, 2.75) is 6.92 Å². The molecule has 0 aliphatic rings. The highest BCUT2D eigenvalue weighted by Gasteiger charge is 2.18. The number of fused-ring (bicyclic) bond motifs is 1. The summed E-state index contributed by atoms with van der Waals surface area (Å²) < 4.78 is 12.1. The van der Waals surface area contributed by atoms with Crippen LogP contribution in [-0.4, -0.2) is 12.4 Å². The second-order valence-electron chi connectivity index (χ2n) is 4.55. The van der Waals surface area contributed by atoms with Gasteiger partial charge in [-0.25, -0.2) is 0 Å². The molecular weight excluding hydrogens is 332 g/mol. The summed E-state index contributed by atoms with van der Waals surface area (Å²) in [4.78, 5) is 12.6. The van der Waals surface area contributed by atoms with Crippen molar-refractivity contribution in [2.24, 2.45) is 0 Å². The number of ketones is 1. The van der Waals surface area contributed by atoms with Crippen LogP contribution in [0.25, 0.3) is 11.0 Å². The lowest BCUT2D eigenvalue weighted by Crippen LogP contribution is -2.04. The Labute approximate surface area is 130 Å². The molecule has 0 N–H and O–H groups in total. The Morgan fingerprint density at radius 3 is 2.81 bits per heavy atom. The van der Waals surface area contributed by atoms with E-state index in [1.54, 1.807) is 18.2 Å². The second kappa shape index (κ2) is 5.74. The molecule has 3 rings (SSSR count). The van der Waals surface area contributed by atoms with Gasteiger partial charge in [-0.1, -0.05) is 28.1 Å². The molecule has 1 aromatic heterocycles. The number of carbonyl (C=O) groups excluding carboxylic acids is 1. The van der Waals surface area contributed by atoms with Gasteiger partial charge in [0.2, 0.25) is 5.78 Å². The first-order valence-corrected chi connectivity index (χ1v) is 7.44. The molecule has 0 atom stereocenters. The van der Waals surface area contributed by atoms with Gasteiger partial charge in [0.05, 0.1) is 12.2 Å². The summed E-state index contributed by atoms with van der Waals surface area (Å²) in [6, 6.07) is 14.6. The van der Waals surface area contributed by atoms with Crippen molar-refractivity contribution in [2.75, 3.05) is 6.61 Å². The van der Waals surface area contributed by atoms with Crippen LogP contribution in [0.4, 0.5) is 0 Å². The average Bonchev–Trinajstić information content (AvgIpc) is 2.90. The highest BCUT2D eigenvalue weighted by Crippen LogP contribution is 2.27. The Kier molecular flexibility index (Phi) is 3.80. The molecule has 3 aromatic rings. The van der Waals surface area contributed by atoms with Gasteiger partial charge in [0.15, 0.2) is 5.76 Å². The maximum absolute atomic E-state index is 12.6. The number of ether oxygens (including phenoxy) is 1. The zero-order valence-corrected chi connectivity index (χ0v) is 13.0. The topological polar surface area (TPSA) is 39.4 Å². The zero-order valence-electron chi connectivity index (χ0n) is 11.4. The lowest BCUT2D eigenvalue weighted by atomic mass is 10.1. The highest BCUT2D eigenvalue weighted by atomic mass is 79.9. The van der Waals surface area contributed by atoms with E-state index in [0.717, 1.165) is 9.86 Å². The van der Waals surface area contributed by atoms with Gasteiger partial charge >= 0.3 is 0 Å². The summed E-state index contributed by atoms with van der Waals surface area (Å²) >= 11 is 3.41. The fourth-order valence-corrected chi connectivity index (χ4v) is 2.57. The van der Waals surface area contributed by atoms with Crippen LogP contribution >= 0.6 is 15.9 Å². The Balaban J connectivity index is 2.04. The standard InChI is InChI=1S/C17H13BrO3/c1-2-20-15-6-4-3-5-13(15)17(19)16-10-11-9-12(18)7-8-14(11)21-16/h3-10H,2H2,1H3. The van der Waals surface area contributed by atoms with E-state index in [0.29, 0.717) is 29.3 Å². The Morgan fingerprint density at radius 1 is 1.19 bits per heavy atom.